The van der Waals surface area contributed by atoms with Gasteiger partial charge in [-0.2, -0.15) is 0 Å². The normalized spacial score (nSPS) is 16.0. The van der Waals surface area contributed by atoms with Gasteiger partial charge in [0.1, 0.15) is 5.82 Å². The molecule has 108 valence electrons. The number of hydrogen-bond donors (Lipinski definition) is 1. The summed E-state index contributed by atoms with van der Waals surface area (Å²) >= 11 is 5.74. The fraction of sp³-hybridized carbons (Fsp3) is 0.500. The maximum Gasteiger partial charge on any atom is 0.228 e. The van der Waals surface area contributed by atoms with Crippen molar-refractivity contribution in [2.45, 2.75) is 26.2 Å². The number of hydrogen-bond acceptors (Lipinski definition) is 3. The molecule has 20 heavy (non-hydrogen) atoms. The number of nitrogens with one attached hydrogen (secondary N) is 1. The highest BCUT2D eigenvalue weighted by atomic mass is 35.5. The molecule has 1 aliphatic heterocycles. The van der Waals surface area contributed by atoms with Crippen molar-refractivity contribution >= 4 is 29.2 Å². The Hall–Kier alpha value is -1.62. The molecule has 5 nitrogen and oxygen atoms in total. The molecule has 1 N–H and O–H groups in total. The van der Waals surface area contributed by atoms with Gasteiger partial charge in [-0.25, -0.2) is 4.98 Å². The summed E-state index contributed by atoms with van der Waals surface area (Å²) in [5.41, 5.74) is 0. The van der Waals surface area contributed by atoms with E-state index < -0.39 is 0 Å². The second-order valence-electron chi connectivity index (χ2n) is 4.86. The molecule has 1 aliphatic rings. The predicted octanol–water partition coefficient (Wildman–Crippen LogP) is 2.32. The van der Waals surface area contributed by atoms with E-state index in [1.165, 1.54) is 6.20 Å². The minimum absolute atomic E-state index is 0.0385. The SMILES string of the molecule is CCC(=O)N1CCC(C(=O)Nc2ccc(Cl)cn2)CC1. The van der Waals surface area contributed by atoms with E-state index in [4.69, 9.17) is 11.6 Å². The van der Waals surface area contributed by atoms with Crippen molar-refractivity contribution in [1.29, 1.82) is 0 Å². The fourth-order valence-corrected chi connectivity index (χ4v) is 2.40. The molecule has 0 radical (unpaired) electrons. The topological polar surface area (TPSA) is 62.3 Å². The Kier molecular flexibility index (Phi) is 4.95. The molecule has 0 atom stereocenters. The van der Waals surface area contributed by atoms with Crippen molar-refractivity contribution in [1.82, 2.24) is 9.88 Å². The zero-order valence-corrected chi connectivity index (χ0v) is 12.2. The summed E-state index contributed by atoms with van der Waals surface area (Å²) in [5.74, 6) is 0.562. The van der Waals surface area contributed by atoms with E-state index in [0.29, 0.717) is 43.2 Å². The van der Waals surface area contributed by atoms with Gasteiger partial charge in [-0.1, -0.05) is 18.5 Å². The van der Waals surface area contributed by atoms with E-state index in [9.17, 15) is 9.59 Å². The van der Waals surface area contributed by atoms with Crippen molar-refractivity contribution in [3.05, 3.63) is 23.4 Å². The van der Waals surface area contributed by atoms with E-state index in [1.54, 1.807) is 12.1 Å². The number of amides is 2. The highest BCUT2D eigenvalue weighted by Gasteiger charge is 2.26. The Labute approximate surface area is 123 Å². The summed E-state index contributed by atoms with van der Waals surface area (Å²) in [6, 6.07) is 3.36. The molecular weight excluding hydrogens is 278 g/mol. The van der Waals surface area contributed by atoms with E-state index in [-0.39, 0.29) is 17.7 Å². The smallest absolute Gasteiger partial charge is 0.228 e. The van der Waals surface area contributed by atoms with E-state index in [1.807, 2.05) is 11.8 Å². The third kappa shape index (κ3) is 3.70. The van der Waals surface area contributed by atoms with Gasteiger partial charge in [0.05, 0.1) is 5.02 Å². The minimum Gasteiger partial charge on any atom is -0.343 e. The van der Waals surface area contributed by atoms with Crippen LogP contribution >= 0.6 is 11.6 Å². The van der Waals surface area contributed by atoms with E-state index in [0.717, 1.165) is 0 Å². The van der Waals surface area contributed by atoms with Crippen molar-refractivity contribution < 1.29 is 9.59 Å². The molecule has 1 saturated heterocycles. The van der Waals surface area contributed by atoms with Crippen LogP contribution in [0.2, 0.25) is 5.02 Å². The molecule has 0 aliphatic carbocycles. The van der Waals surface area contributed by atoms with Crippen molar-refractivity contribution in [2.24, 2.45) is 5.92 Å². The molecule has 1 aromatic heterocycles. The second kappa shape index (κ2) is 6.70. The molecule has 1 fully saturated rings. The fourth-order valence-electron chi connectivity index (χ4n) is 2.29. The van der Waals surface area contributed by atoms with Crippen LogP contribution in [0.25, 0.3) is 0 Å². The molecule has 0 saturated carbocycles. The number of pyridine rings is 1. The Bertz CT molecular complexity index is 482. The number of nitrogens with zero attached hydrogens (tertiary/aromatic N) is 2. The average molecular weight is 296 g/mol. The maximum absolute atomic E-state index is 12.1. The van der Waals surface area contributed by atoms with Crippen LogP contribution in [0.3, 0.4) is 0 Å². The molecule has 1 aromatic rings. The summed E-state index contributed by atoms with van der Waals surface area (Å²) < 4.78 is 0. The maximum atomic E-state index is 12.1. The van der Waals surface area contributed by atoms with Crippen molar-refractivity contribution in [3.8, 4) is 0 Å². The third-order valence-corrected chi connectivity index (χ3v) is 3.72. The molecule has 6 heteroatoms. The standard InChI is InChI=1S/C14H18ClN3O2/c1-2-13(19)18-7-5-10(6-8-18)14(20)17-12-4-3-11(15)9-16-12/h3-4,9-10H,2,5-8H2,1H3,(H,16,17,20). The van der Waals surface area contributed by atoms with Gasteiger partial charge in [-0.15, -0.1) is 0 Å². The average Bonchev–Trinajstić information content (AvgIpc) is 2.49. The lowest BCUT2D eigenvalue weighted by molar-refractivity contribution is -0.134. The molecule has 2 heterocycles. The second-order valence-corrected chi connectivity index (χ2v) is 5.30. The number of likely N-dealkylation sites (tertiary alicyclic amines) is 1. The van der Waals surface area contributed by atoms with Gasteiger partial charge in [-0.3, -0.25) is 9.59 Å². The number of rotatable bonds is 3. The largest absolute Gasteiger partial charge is 0.343 e. The van der Waals surface area contributed by atoms with Gasteiger partial charge in [-0.05, 0) is 25.0 Å². The van der Waals surface area contributed by atoms with E-state index in [2.05, 4.69) is 10.3 Å². The van der Waals surface area contributed by atoms with Gasteiger partial charge in [0.25, 0.3) is 0 Å². The monoisotopic (exact) mass is 295 g/mol. The lowest BCUT2D eigenvalue weighted by Crippen LogP contribution is -2.41. The minimum atomic E-state index is -0.0617. The summed E-state index contributed by atoms with van der Waals surface area (Å²) in [4.78, 5) is 29.5. The molecular formula is C14H18ClN3O2. The zero-order valence-electron chi connectivity index (χ0n) is 11.4. The van der Waals surface area contributed by atoms with Gasteiger partial charge in [0.2, 0.25) is 11.8 Å². The summed E-state index contributed by atoms with van der Waals surface area (Å²) in [7, 11) is 0. The Morgan fingerprint density at radius 3 is 2.65 bits per heavy atom. The Morgan fingerprint density at radius 1 is 1.40 bits per heavy atom. The molecule has 2 amide bonds. The van der Waals surface area contributed by atoms with E-state index >= 15 is 0 Å². The van der Waals surface area contributed by atoms with Crippen LogP contribution in [0.4, 0.5) is 5.82 Å². The van der Waals surface area contributed by atoms with Crippen molar-refractivity contribution in [3.63, 3.8) is 0 Å². The first kappa shape index (κ1) is 14.8. The summed E-state index contributed by atoms with van der Waals surface area (Å²) in [6.45, 7) is 3.16. The Balaban J connectivity index is 1.85. The highest BCUT2D eigenvalue weighted by Crippen LogP contribution is 2.20. The van der Waals surface area contributed by atoms with Crippen LogP contribution in [-0.4, -0.2) is 34.8 Å². The van der Waals surface area contributed by atoms with Gasteiger partial charge in [0.15, 0.2) is 0 Å². The number of piperidine rings is 1. The van der Waals surface area contributed by atoms with Crippen LogP contribution in [0.5, 0.6) is 0 Å². The van der Waals surface area contributed by atoms with Gasteiger partial charge in [0, 0.05) is 31.6 Å². The molecule has 0 spiro atoms. The Morgan fingerprint density at radius 2 is 2.10 bits per heavy atom. The van der Waals surface area contributed by atoms with Crippen LogP contribution in [0.15, 0.2) is 18.3 Å². The van der Waals surface area contributed by atoms with Crippen LogP contribution < -0.4 is 5.32 Å². The van der Waals surface area contributed by atoms with Crippen LogP contribution in [-0.2, 0) is 9.59 Å². The quantitative estimate of drug-likeness (QED) is 0.931. The number of anilines is 1. The highest BCUT2D eigenvalue weighted by molar-refractivity contribution is 6.30. The summed E-state index contributed by atoms with van der Waals surface area (Å²) in [6.07, 6.45) is 3.42. The van der Waals surface area contributed by atoms with Crippen molar-refractivity contribution in [2.75, 3.05) is 18.4 Å². The molecule has 0 aromatic carbocycles. The first-order valence-corrected chi connectivity index (χ1v) is 7.18. The zero-order chi connectivity index (χ0) is 14.5. The summed E-state index contributed by atoms with van der Waals surface area (Å²) in [5, 5.41) is 3.32. The molecule has 2 rings (SSSR count). The first-order valence-electron chi connectivity index (χ1n) is 6.80. The number of aromatic nitrogens is 1. The predicted molar refractivity (Wildman–Crippen MR) is 77.5 cm³/mol. The van der Waals surface area contributed by atoms with Gasteiger partial charge < -0.3 is 10.2 Å². The van der Waals surface area contributed by atoms with Crippen LogP contribution in [0, 0.1) is 5.92 Å². The lowest BCUT2D eigenvalue weighted by Gasteiger charge is -2.31. The number of carbonyl (C=O) groups excluding carboxylic acids is 2. The number of carbonyl (C=O) groups is 2. The van der Waals surface area contributed by atoms with Gasteiger partial charge >= 0.3 is 0 Å². The number of halogens is 1. The lowest BCUT2D eigenvalue weighted by atomic mass is 9.95. The van der Waals surface area contributed by atoms with Crippen LogP contribution in [0.1, 0.15) is 26.2 Å². The third-order valence-electron chi connectivity index (χ3n) is 3.50. The molecule has 0 bridgehead atoms. The molecule has 0 unspecified atom stereocenters. The first-order chi connectivity index (χ1) is 9.60.